The largest absolute Gasteiger partial charge is 0.469 e. The number of aliphatic hydroxyl groups is 1. The fourth-order valence-corrected chi connectivity index (χ4v) is 6.10. The van der Waals surface area contributed by atoms with Gasteiger partial charge in [-0.05, 0) is 42.9 Å². The zero-order chi connectivity index (χ0) is 31.7. The second-order valence-electron chi connectivity index (χ2n) is 12.3. The molecule has 1 aliphatic rings. The highest BCUT2D eigenvalue weighted by Crippen LogP contribution is 2.31. The molecule has 0 bridgehead atoms. The molecule has 2 aromatic rings. The number of unbranched alkanes of at least 4 members (excludes halogenated alkanes) is 4. The molecule has 3 amide bonds. The lowest BCUT2D eigenvalue weighted by atomic mass is 9.85. The van der Waals surface area contributed by atoms with Crippen LogP contribution in [-0.2, 0) is 23.9 Å². The van der Waals surface area contributed by atoms with Crippen molar-refractivity contribution in [2.24, 2.45) is 5.41 Å². The van der Waals surface area contributed by atoms with Crippen molar-refractivity contribution in [2.45, 2.75) is 97.2 Å². The first kappa shape index (κ1) is 34.2. The van der Waals surface area contributed by atoms with Crippen molar-refractivity contribution in [3.05, 3.63) is 35.5 Å². The summed E-state index contributed by atoms with van der Waals surface area (Å²) in [5.74, 6) is -1.10. The topological polar surface area (TPSA) is 129 Å². The van der Waals surface area contributed by atoms with Crippen LogP contribution in [0.25, 0.3) is 10.4 Å². The molecule has 2 heterocycles. The maximum atomic E-state index is 13.9. The predicted octanol–water partition coefficient (Wildman–Crippen LogP) is 4.48. The van der Waals surface area contributed by atoms with Gasteiger partial charge in [-0.3, -0.25) is 19.2 Å². The first-order valence-electron chi connectivity index (χ1n) is 15.0. The van der Waals surface area contributed by atoms with E-state index in [1.807, 2.05) is 52.0 Å². The Morgan fingerprint density at radius 1 is 1.09 bits per heavy atom. The number of aryl methyl sites for hydroxylation is 1. The first-order valence-corrected chi connectivity index (χ1v) is 15.8. The molecule has 1 aliphatic heterocycles. The molecule has 0 saturated carbocycles. The Balaban J connectivity index is 1.61. The molecule has 236 valence electrons. The summed E-state index contributed by atoms with van der Waals surface area (Å²) < 4.78 is 4.65. The summed E-state index contributed by atoms with van der Waals surface area (Å²) in [5, 5.41) is 13.4. The molecule has 1 saturated heterocycles. The maximum Gasteiger partial charge on any atom is 0.305 e. The van der Waals surface area contributed by atoms with Crippen LogP contribution in [-0.4, -0.2) is 77.6 Å². The lowest BCUT2D eigenvalue weighted by Crippen LogP contribution is -2.57. The number of likely N-dealkylation sites (tertiary alicyclic amines) is 1. The first-order chi connectivity index (χ1) is 20.3. The number of aliphatic hydroxyl groups excluding tert-OH is 1. The molecular weight excluding hydrogens is 568 g/mol. The van der Waals surface area contributed by atoms with Gasteiger partial charge in [-0.15, -0.1) is 11.3 Å². The van der Waals surface area contributed by atoms with Crippen molar-refractivity contribution in [2.75, 3.05) is 25.6 Å². The van der Waals surface area contributed by atoms with Crippen molar-refractivity contribution >= 4 is 40.7 Å². The number of thiazole rings is 1. The molecule has 10 nitrogen and oxygen atoms in total. The molecule has 0 radical (unpaired) electrons. The number of hydrogen-bond donors (Lipinski definition) is 2. The normalized spacial score (nSPS) is 17.4. The molecule has 3 atom stereocenters. The lowest BCUT2D eigenvalue weighted by molar-refractivity contribution is -0.143. The molecule has 1 aromatic heterocycles. The standard InChI is InChI=1S/C32H46N4O6S/c1-21-28(43-20-33-21)22-14-16-23(17-15-22)35(5)30(40)25-18-24(37)19-36(25)31(41)29(32(2,3)4)34-26(38)12-10-8-7-9-11-13-27(39)42-6/h14-17,20,24-25,29,37H,7-13,18-19H2,1-6H3,(H,34,38)/t24-,25+,29-/m1/s1. The van der Waals surface area contributed by atoms with Gasteiger partial charge in [-0.25, -0.2) is 4.98 Å². The zero-order valence-corrected chi connectivity index (χ0v) is 27.0. The third kappa shape index (κ3) is 9.34. The molecule has 1 aromatic carbocycles. The molecule has 11 heteroatoms. The van der Waals surface area contributed by atoms with Gasteiger partial charge in [0.1, 0.15) is 12.1 Å². The number of carbonyl (C=O) groups excluding carboxylic acids is 4. The Kier molecular flexibility index (Phi) is 12.3. The number of anilines is 1. The summed E-state index contributed by atoms with van der Waals surface area (Å²) in [6.07, 6.45) is 4.04. The summed E-state index contributed by atoms with van der Waals surface area (Å²) in [4.78, 5) is 59.9. The van der Waals surface area contributed by atoms with Crippen LogP contribution in [0.4, 0.5) is 5.69 Å². The number of likely N-dealkylation sites (N-methyl/N-ethyl adjacent to an activating group) is 1. The van der Waals surface area contributed by atoms with E-state index in [1.54, 1.807) is 23.9 Å². The Morgan fingerprint density at radius 2 is 1.72 bits per heavy atom. The van der Waals surface area contributed by atoms with E-state index in [0.717, 1.165) is 41.8 Å². The number of aromatic nitrogens is 1. The minimum Gasteiger partial charge on any atom is -0.469 e. The van der Waals surface area contributed by atoms with E-state index in [-0.39, 0.29) is 43.1 Å². The van der Waals surface area contributed by atoms with E-state index in [2.05, 4.69) is 15.0 Å². The number of amides is 3. The highest BCUT2D eigenvalue weighted by Gasteiger charge is 2.45. The van der Waals surface area contributed by atoms with Gasteiger partial charge in [0.05, 0.1) is 29.3 Å². The molecule has 43 heavy (non-hydrogen) atoms. The molecule has 0 unspecified atom stereocenters. The van der Waals surface area contributed by atoms with E-state index >= 15 is 0 Å². The molecule has 2 N–H and O–H groups in total. The van der Waals surface area contributed by atoms with Gasteiger partial charge in [0.25, 0.3) is 0 Å². The number of methoxy groups -OCH3 is 1. The third-order valence-corrected chi connectivity index (χ3v) is 8.85. The summed E-state index contributed by atoms with van der Waals surface area (Å²) in [6, 6.07) is 5.91. The summed E-state index contributed by atoms with van der Waals surface area (Å²) in [5.41, 5.74) is 3.83. The summed E-state index contributed by atoms with van der Waals surface area (Å²) in [6.45, 7) is 7.61. The molecule has 0 spiro atoms. The number of β-amino-alcohol motifs (C(OH)–C–C–N with tert-alkyl or cyclic N) is 1. The van der Waals surface area contributed by atoms with Crippen LogP contribution in [0.2, 0.25) is 0 Å². The fourth-order valence-electron chi connectivity index (χ4n) is 5.29. The number of nitrogens with one attached hydrogen (secondary N) is 1. The van der Waals surface area contributed by atoms with Crippen molar-refractivity contribution in [3.63, 3.8) is 0 Å². The second-order valence-corrected chi connectivity index (χ2v) is 13.2. The number of benzene rings is 1. The lowest BCUT2D eigenvalue weighted by Gasteiger charge is -2.36. The number of hydrogen-bond acceptors (Lipinski definition) is 8. The maximum absolute atomic E-state index is 13.9. The van der Waals surface area contributed by atoms with Gasteiger partial charge < -0.3 is 25.0 Å². The van der Waals surface area contributed by atoms with Crippen LogP contribution in [0, 0.1) is 12.3 Å². The van der Waals surface area contributed by atoms with Crippen molar-refractivity contribution < 1.29 is 29.0 Å². The van der Waals surface area contributed by atoms with Gasteiger partial charge >= 0.3 is 5.97 Å². The molecule has 1 fully saturated rings. The molecular formula is C32H46N4O6S. The van der Waals surface area contributed by atoms with Gasteiger partial charge in [0.2, 0.25) is 17.7 Å². The molecule has 3 rings (SSSR count). The Labute approximate surface area is 258 Å². The monoisotopic (exact) mass is 614 g/mol. The summed E-state index contributed by atoms with van der Waals surface area (Å²) in [7, 11) is 3.05. The van der Waals surface area contributed by atoms with E-state index in [1.165, 1.54) is 16.9 Å². The van der Waals surface area contributed by atoms with E-state index in [4.69, 9.17) is 0 Å². The van der Waals surface area contributed by atoms with Crippen LogP contribution in [0.3, 0.4) is 0 Å². The minimum absolute atomic E-state index is 0.0285. The van der Waals surface area contributed by atoms with Gasteiger partial charge in [-0.2, -0.15) is 0 Å². The SMILES string of the molecule is COC(=O)CCCCCCCC(=O)N[C@H](C(=O)N1C[C@H](O)C[C@H]1C(=O)N(C)c1ccc(-c2scnc2C)cc1)C(C)(C)C. The second kappa shape index (κ2) is 15.4. The minimum atomic E-state index is -0.854. The van der Waals surface area contributed by atoms with Gasteiger partial charge in [0.15, 0.2) is 0 Å². The van der Waals surface area contributed by atoms with E-state index < -0.39 is 23.6 Å². The zero-order valence-electron chi connectivity index (χ0n) is 26.2. The Hall–Kier alpha value is -3.31. The molecule has 0 aliphatic carbocycles. The van der Waals surface area contributed by atoms with Crippen molar-refractivity contribution in [1.82, 2.24) is 15.2 Å². The number of esters is 1. The highest BCUT2D eigenvalue weighted by molar-refractivity contribution is 7.13. The Morgan fingerprint density at radius 3 is 2.30 bits per heavy atom. The average Bonchev–Trinajstić information content (AvgIpc) is 3.58. The highest BCUT2D eigenvalue weighted by atomic mass is 32.1. The average molecular weight is 615 g/mol. The number of nitrogens with zero attached hydrogens (tertiary/aromatic N) is 3. The summed E-state index contributed by atoms with van der Waals surface area (Å²) >= 11 is 1.56. The number of carbonyl (C=O) groups is 4. The van der Waals surface area contributed by atoms with Crippen molar-refractivity contribution in [3.8, 4) is 10.4 Å². The third-order valence-electron chi connectivity index (χ3n) is 7.87. The van der Waals surface area contributed by atoms with Gasteiger partial charge in [0, 0.05) is 38.5 Å². The van der Waals surface area contributed by atoms with Crippen molar-refractivity contribution in [1.29, 1.82) is 0 Å². The quantitative estimate of drug-likeness (QED) is 0.252. The predicted molar refractivity (Wildman–Crippen MR) is 168 cm³/mol. The fraction of sp³-hybridized carbons (Fsp3) is 0.594. The number of ether oxygens (including phenoxy) is 1. The van der Waals surface area contributed by atoms with Crippen LogP contribution in [0.5, 0.6) is 0 Å². The van der Waals surface area contributed by atoms with Crippen LogP contribution < -0.4 is 10.2 Å². The van der Waals surface area contributed by atoms with E-state index in [0.29, 0.717) is 18.5 Å². The van der Waals surface area contributed by atoms with Crippen LogP contribution in [0.1, 0.15) is 77.8 Å². The van der Waals surface area contributed by atoms with Gasteiger partial charge in [-0.1, -0.05) is 52.2 Å². The van der Waals surface area contributed by atoms with Crippen LogP contribution in [0.15, 0.2) is 29.8 Å². The van der Waals surface area contributed by atoms with E-state index in [9.17, 15) is 24.3 Å². The number of rotatable bonds is 13. The smallest absolute Gasteiger partial charge is 0.305 e. The van der Waals surface area contributed by atoms with Crippen LogP contribution >= 0.6 is 11.3 Å². The Bertz CT molecular complexity index is 1260.